The van der Waals surface area contributed by atoms with E-state index < -0.39 is 39.9 Å². The largest absolute Gasteiger partial charge is 0.573 e. The maximum atomic E-state index is 13.5. The van der Waals surface area contributed by atoms with Gasteiger partial charge in [0.1, 0.15) is 17.6 Å². The van der Waals surface area contributed by atoms with E-state index in [0.29, 0.717) is 0 Å². The number of ether oxygens (including phenoxy) is 1. The molecule has 0 fully saturated rings. The molecule has 0 aliphatic heterocycles. The summed E-state index contributed by atoms with van der Waals surface area (Å²) >= 11 is 5.74. The van der Waals surface area contributed by atoms with E-state index in [1.54, 1.807) is 6.92 Å². The zero-order valence-corrected chi connectivity index (χ0v) is 17.3. The van der Waals surface area contributed by atoms with Crippen molar-refractivity contribution in [1.29, 1.82) is 0 Å². The van der Waals surface area contributed by atoms with E-state index in [-0.39, 0.29) is 22.8 Å². The maximum Gasteiger partial charge on any atom is 0.573 e. The molecule has 2 aromatic carbocycles. The Morgan fingerprint density at radius 2 is 1.80 bits per heavy atom. The van der Waals surface area contributed by atoms with Crippen LogP contribution >= 0.6 is 11.6 Å². The minimum atomic E-state index is -4.86. The van der Waals surface area contributed by atoms with Gasteiger partial charge in [-0.25, -0.2) is 12.8 Å². The van der Waals surface area contributed by atoms with Gasteiger partial charge in [0.15, 0.2) is 0 Å². The normalized spacial score (nSPS) is 12.9. The Hall–Kier alpha value is -2.53. The Kier molecular flexibility index (Phi) is 7.19. The molecule has 0 radical (unpaired) electrons. The van der Waals surface area contributed by atoms with Gasteiger partial charge in [-0.3, -0.25) is 9.10 Å². The van der Waals surface area contributed by atoms with Crippen LogP contribution in [0, 0.1) is 5.82 Å². The fraction of sp³-hybridized carbons (Fsp3) is 0.278. The molecule has 1 N–H and O–H groups in total. The molecule has 0 spiro atoms. The first kappa shape index (κ1) is 23.7. The highest BCUT2D eigenvalue weighted by Crippen LogP contribution is 2.28. The number of hydrogen-bond donors (Lipinski definition) is 1. The number of benzene rings is 2. The third kappa shape index (κ3) is 6.23. The lowest BCUT2D eigenvalue weighted by molar-refractivity contribution is -0.274. The van der Waals surface area contributed by atoms with Crippen LogP contribution in [0.25, 0.3) is 0 Å². The second-order valence-electron chi connectivity index (χ2n) is 6.14. The number of halogens is 5. The van der Waals surface area contributed by atoms with Crippen LogP contribution in [-0.2, 0) is 14.8 Å². The molecule has 1 atom stereocenters. The van der Waals surface area contributed by atoms with Gasteiger partial charge in [0, 0.05) is 5.69 Å². The quantitative estimate of drug-likeness (QED) is 0.604. The fourth-order valence-electron chi connectivity index (χ4n) is 2.65. The van der Waals surface area contributed by atoms with Crippen LogP contribution in [0.4, 0.5) is 28.9 Å². The van der Waals surface area contributed by atoms with Crippen molar-refractivity contribution in [2.45, 2.75) is 25.7 Å². The van der Waals surface area contributed by atoms with Crippen molar-refractivity contribution in [3.8, 4) is 5.75 Å². The van der Waals surface area contributed by atoms with Gasteiger partial charge in [0.05, 0.1) is 17.0 Å². The van der Waals surface area contributed by atoms with Gasteiger partial charge in [-0.1, -0.05) is 18.5 Å². The molecule has 0 aromatic heterocycles. The topological polar surface area (TPSA) is 75.7 Å². The van der Waals surface area contributed by atoms with Crippen LogP contribution in [0.5, 0.6) is 5.75 Å². The molecule has 2 rings (SSSR count). The third-order valence-corrected chi connectivity index (χ3v) is 5.31. The van der Waals surface area contributed by atoms with Crippen LogP contribution in [0.1, 0.15) is 13.3 Å². The molecule has 0 aliphatic carbocycles. The van der Waals surface area contributed by atoms with Crippen molar-refractivity contribution in [1.82, 2.24) is 0 Å². The summed E-state index contributed by atoms with van der Waals surface area (Å²) in [7, 11) is -3.98. The SMILES string of the molecule is CCC(C(=O)Nc1ccc(OC(F)(F)F)cc1)N(c1ccc(F)c(Cl)c1)S(C)(=O)=O. The number of alkyl halides is 3. The summed E-state index contributed by atoms with van der Waals surface area (Å²) in [5, 5.41) is 2.12. The highest BCUT2D eigenvalue weighted by atomic mass is 35.5. The highest BCUT2D eigenvalue weighted by molar-refractivity contribution is 7.92. The number of nitrogens with zero attached hydrogens (tertiary/aromatic N) is 1. The number of hydrogen-bond acceptors (Lipinski definition) is 4. The Bertz CT molecular complexity index is 1010. The van der Waals surface area contributed by atoms with Crippen LogP contribution in [0.2, 0.25) is 5.02 Å². The van der Waals surface area contributed by atoms with Crippen molar-refractivity contribution < 1.29 is 35.5 Å². The highest BCUT2D eigenvalue weighted by Gasteiger charge is 2.33. The third-order valence-electron chi connectivity index (χ3n) is 3.84. The number of amides is 1. The summed E-state index contributed by atoms with van der Waals surface area (Å²) in [5.41, 5.74) is 0.110. The summed E-state index contributed by atoms with van der Waals surface area (Å²) in [6, 6.07) is 6.33. The zero-order valence-electron chi connectivity index (χ0n) is 15.7. The number of carbonyl (C=O) groups is 1. The van der Waals surface area contributed by atoms with E-state index in [4.69, 9.17) is 11.6 Å². The zero-order chi connectivity index (χ0) is 22.7. The van der Waals surface area contributed by atoms with Gasteiger partial charge in [-0.2, -0.15) is 0 Å². The lowest BCUT2D eigenvalue weighted by Gasteiger charge is -2.30. The summed E-state index contributed by atoms with van der Waals surface area (Å²) in [6.07, 6.45) is -3.93. The molecule has 0 saturated heterocycles. The average Bonchev–Trinajstić information content (AvgIpc) is 2.61. The second-order valence-corrected chi connectivity index (χ2v) is 8.41. The molecule has 12 heteroatoms. The summed E-state index contributed by atoms with van der Waals surface area (Å²) in [5.74, 6) is -1.98. The standard InChI is InChI=1S/C18H17ClF4N2O4S/c1-3-16(25(30(2,27)28)12-6-9-15(20)14(19)10-12)17(26)24-11-4-7-13(8-5-11)29-18(21,22)23/h4-10,16H,3H2,1-2H3,(H,24,26). The maximum absolute atomic E-state index is 13.5. The predicted octanol–water partition coefficient (Wildman–Crippen LogP) is 4.56. The van der Waals surface area contributed by atoms with Gasteiger partial charge >= 0.3 is 6.36 Å². The van der Waals surface area contributed by atoms with E-state index >= 15 is 0 Å². The number of anilines is 2. The van der Waals surface area contributed by atoms with Crippen LogP contribution in [0.3, 0.4) is 0 Å². The molecular weight excluding hydrogens is 452 g/mol. The van der Waals surface area contributed by atoms with E-state index in [1.165, 1.54) is 18.2 Å². The molecule has 0 aliphatic rings. The molecular formula is C18H17ClF4N2O4S. The van der Waals surface area contributed by atoms with Crippen molar-refractivity contribution in [3.05, 3.63) is 53.3 Å². The summed E-state index contributed by atoms with van der Waals surface area (Å²) in [4.78, 5) is 12.7. The molecule has 164 valence electrons. The molecule has 0 heterocycles. The first-order chi connectivity index (χ1) is 13.8. The number of sulfonamides is 1. The minimum Gasteiger partial charge on any atom is -0.406 e. The average molecular weight is 469 g/mol. The van der Waals surface area contributed by atoms with E-state index in [9.17, 15) is 30.8 Å². The van der Waals surface area contributed by atoms with Crippen molar-refractivity contribution in [3.63, 3.8) is 0 Å². The van der Waals surface area contributed by atoms with Gasteiger partial charge in [-0.15, -0.1) is 13.2 Å². The first-order valence-corrected chi connectivity index (χ1v) is 10.7. The van der Waals surface area contributed by atoms with Crippen molar-refractivity contribution >= 4 is 38.9 Å². The first-order valence-electron chi connectivity index (χ1n) is 8.43. The molecule has 2 aromatic rings. The van der Waals surface area contributed by atoms with Crippen molar-refractivity contribution in [2.24, 2.45) is 0 Å². The molecule has 1 amide bonds. The van der Waals surface area contributed by atoms with E-state index in [0.717, 1.165) is 34.8 Å². The molecule has 6 nitrogen and oxygen atoms in total. The second kappa shape index (κ2) is 9.09. The monoisotopic (exact) mass is 468 g/mol. The van der Waals surface area contributed by atoms with Crippen LogP contribution < -0.4 is 14.4 Å². The van der Waals surface area contributed by atoms with Crippen LogP contribution in [-0.4, -0.2) is 33.0 Å². The molecule has 0 saturated carbocycles. The lowest BCUT2D eigenvalue weighted by atomic mass is 10.1. The summed E-state index contributed by atoms with van der Waals surface area (Å²) in [6.45, 7) is 1.56. The smallest absolute Gasteiger partial charge is 0.406 e. The Morgan fingerprint density at radius 1 is 1.20 bits per heavy atom. The van der Waals surface area contributed by atoms with E-state index in [2.05, 4.69) is 10.1 Å². The molecule has 0 bridgehead atoms. The Morgan fingerprint density at radius 3 is 2.27 bits per heavy atom. The molecule has 30 heavy (non-hydrogen) atoms. The lowest BCUT2D eigenvalue weighted by Crippen LogP contribution is -2.47. The van der Waals surface area contributed by atoms with Crippen LogP contribution in [0.15, 0.2) is 42.5 Å². The summed E-state index contributed by atoms with van der Waals surface area (Å²) < 4.78 is 79.4. The predicted molar refractivity (Wildman–Crippen MR) is 105 cm³/mol. The number of nitrogens with one attached hydrogen (secondary N) is 1. The number of carbonyl (C=O) groups excluding carboxylic acids is 1. The number of rotatable bonds is 7. The van der Waals surface area contributed by atoms with Crippen molar-refractivity contribution in [2.75, 3.05) is 15.9 Å². The minimum absolute atomic E-state index is 0.0141. The van der Waals surface area contributed by atoms with Gasteiger partial charge in [0.2, 0.25) is 15.9 Å². The fourth-order valence-corrected chi connectivity index (χ4v) is 4.03. The van der Waals surface area contributed by atoms with Gasteiger partial charge < -0.3 is 10.1 Å². The van der Waals surface area contributed by atoms with Gasteiger partial charge in [0.25, 0.3) is 0 Å². The Balaban J connectivity index is 2.28. The van der Waals surface area contributed by atoms with E-state index in [1.807, 2.05) is 0 Å². The molecule has 1 unspecified atom stereocenters. The Labute approximate surface area is 175 Å². The van der Waals surface area contributed by atoms with Gasteiger partial charge in [-0.05, 0) is 48.9 Å².